The number of hydrogen-bond acceptors (Lipinski definition) is 4. The zero-order valence-corrected chi connectivity index (χ0v) is 8.36. The molecule has 3 rings (SSSR count). The molecule has 4 nitrogen and oxygen atoms in total. The van der Waals surface area contributed by atoms with E-state index in [1.807, 2.05) is 13.8 Å². The van der Waals surface area contributed by atoms with Crippen molar-refractivity contribution < 1.29 is 19.0 Å². The van der Waals surface area contributed by atoms with E-state index in [0.717, 1.165) is 6.42 Å². The third kappa shape index (κ3) is 1.10. The maximum atomic E-state index is 11.1. The monoisotopic (exact) mass is 198 g/mol. The lowest BCUT2D eigenvalue weighted by atomic mass is 10.0. The van der Waals surface area contributed by atoms with Crippen molar-refractivity contribution in [1.82, 2.24) is 0 Å². The molecule has 4 heteroatoms. The van der Waals surface area contributed by atoms with Crippen molar-refractivity contribution in [3.63, 3.8) is 0 Å². The highest BCUT2D eigenvalue weighted by Crippen LogP contribution is 2.46. The van der Waals surface area contributed by atoms with Gasteiger partial charge in [-0.25, -0.2) is 0 Å². The molecule has 0 aromatic carbocycles. The molecule has 1 saturated carbocycles. The first kappa shape index (κ1) is 8.68. The van der Waals surface area contributed by atoms with Gasteiger partial charge in [-0.2, -0.15) is 0 Å². The van der Waals surface area contributed by atoms with Crippen LogP contribution in [-0.2, 0) is 19.0 Å². The van der Waals surface area contributed by atoms with E-state index < -0.39 is 5.79 Å². The number of esters is 1. The van der Waals surface area contributed by atoms with Crippen molar-refractivity contribution in [2.75, 3.05) is 0 Å². The molecule has 4 atom stereocenters. The Morgan fingerprint density at radius 3 is 2.86 bits per heavy atom. The van der Waals surface area contributed by atoms with E-state index in [-0.39, 0.29) is 24.3 Å². The molecule has 0 radical (unpaired) electrons. The number of fused-ring (bicyclic) bond motifs is 3. The number of hydrogen-bond donors (Lipinski definition) is 0. The molecule has 0 spiro atoms. The van der Waals surface area contributed by atoms with E-state index in [1.54, 1.807) is 0 Å². The van der Waals surface area contributed by atoms with Gasteiger partial charge in [0, 0.05) is 5.92 Å². The number of rotatable bonds is 0. The molecule has 0 N–H and O–H groups in total. The molecule has 0 aromatic rings. The second kappa shape index (κ2) is 2.49. The smallest absolute Gasteiger partial charge is 0.306 e. The molecular weight excluding hydrogens is 184 g/mol. The van der Waals surface area contributed by atoms with Gasteiger partial charge in [-0.15, -0.1) is 0 Å². The topological polar surface area (TPSA) is 44.8 Å². The highest BCUT2D eigenvalue weighted by atomic mass is 16.8. The largest absolute Gasteiger partial charge is 0.459 e. The molecule has 0 unspecified atom stereocenters. The third-order valence-corrected chi connectivity index (χ3v) is 3.24. The van der Waals surface area contributed by atoms with Gasteiger partial charge < -0.3 is 14.2 Å². The highest BCUT2D eigenvalue weighted by molar-refractivity contribution is 5.72. The summed E-state index contributed by atoms with van der Waals surface area (Å²) < 4.78 is 16.7. The quantitative estimate of drug-likeness (QED) is 0.541. The van der Waals surface area contributed by atoms with Crippen molar-refractivity contribution in [1.29, 1.82) is 0 Å². The van der Waals surface area contributed by atoms with Crippen LogP contribution in [0.25, 0.3) is 0 Å². The average Bonchev–Trinajstić information content (AvgIpc) is 2.58. The Bertz CT molecular complexity index is 286. The molecule has 78 valence electrons. The first-order valence-electron chi connectivity index (χ1n) is 5.10. The molecule has 3 fully saturated rings. The van der Waals surface area contributed by atoms with Gasteiger partial charge >= 0.3 is 5.97 Å². The van der Waals surface area contributed by atoms with Gasteiger partial charge in [0.05, 0.1) is 12.5 Å². The lowest BCUT2D eigenvalue weighted by Gasteiger charge is -2.21. The summed E-state index contributed by atoms with van der Waals surface area (Å²) in [5.74, 6) is -0.296. The summed E-state index contributed by atoms with van der Waals surface area (Å²) in [6, 6.07) is 0. The Labute approximate surface area is 82.5 Å². The second-order valence-corrected chi connectivity index (χ2v) is 4.79. The van der Waals surface area contributed by atoms with Gasteiger partial charge in [0.25, 0.3) is 0 Å². The number of ether oxygens (including phenoxy) is 3. The summed E-state index contributed by atoms with van der Waals surface area (Å²) in [4.78, 5) is 11.1. The Kier molecular flexibility index (Phi) is 1.55. The van der Waals surface area contributed by atoms with E-state index in [0.29, 0.717) is 12.3 Å². The zero-order valence-electron chi connectivity index (χ0n) is 8.36. The van der Waals surface area contributed by atoms with Gasteiger partial charge in [-0.1, -0.05) is 0 Å². The first-order valence-corrected chi connectivity index (χ1v) is 5.10. The third-order valence-electron chi connectivity index (χ3n) is 3.24. The lowest BCUT2D eigenvalue weighted by Crippen LogP contribution is -2.31. The van der Waals surface area contributed by atoms with Crippen LogP contribution >= 0.6 is 0 Å². The predicted octanol–water partition coefficient (Wildman–Crippen LogP) is 0.842. The molecular formula is C10H14O4. The molecule has 2 aliphatic heterocycles. The second-order valence-electron chi connectivity index (χ2n) is 4.79. The standard InChI is InChI=1S/C10H14O4/c1-10(2)13-6-3-5-4-7(11)12-8(5)9(6)14-10/h5-6,8-9H,3-4H2,1-2H3/t5-,6+,8+,9+/m1/s1. The molecule has 2 heterocycles. The molecule has 1 aliphatic carbocycles. The Hall–Kier alpha value is -0.610. The van der Waals surface area contributed by atoms with Crippen molar-refractivity contribution in [2.24, 2.45) is 5.92 Å². The van der Waals surface area contributed by atoms with Gasteiger partial charge in [0.15, 0.2) is 5.79 Å². The Morgan fingerprint density at radius 2 is 2.07 bits per heavy atom. The van der Waals surface area contributed by atoms with Crippen LogP contribution in [0.4, 0.5) is 0 Å². The van der Waals surface area contributed by atoms with Crippen LogP contribution in [0.1, 0.15) is 26.7 Å². The Balaban J connectivity index is 1.81. The normalized spacial score (nSPS) is 48.9. The minimum Gasteiger partial charge on any atom is -0.459 e. The molecule has 0 aromatic heterocycles. The minimum absolute atomic E-state index is 0.0403. The van der Waals surface area contributed by atoms with Crippen LogP contribution in [0.5, 0.6) is 0 Å². The Morgan fingerprint density at radius 1 is 1.29 bits per heavy atom. The van der Waals surface area contributed by atoms with Crippen LogP contribution in [0.15, 0.2) is 0 Å². The first-order chi connectivity index (χ1) is 6.55. The van der Waals surface area contributed by atoms with Crippen LogP contribution in [0.3, 0.4) is 0 Å². The zero-order chi connectivity index (χ0) is 9.92. The summed E-state index contributed by atoms with van der Waals surface area (Å²) in [5.41, 5.74) is 0. The SMILES string of the molecule is CC1(C)O[C@@H]2[C@H]3OC(=O)C[C@H]3C[C@@H]2O1. The summed E-state index contributed by atoms with van der Waals surface area (Å²) >= 11 is 0. The maximum Gasteiger partial charge on any atom is 0.306 e. The van der Waals surface area contributed by atoms with E-state index in [1.165, 1.54) is 0 Å². The van der Waals surface area contributed by atoms with Gasteiger partial charge in [0.2, 0.25) is 0 Å². The van der Waals surface area contributed by atoms with Crippen LogP contribution in [0, 0.1) is 5.92 Å². The van der Waals surface area contributed by atoms with E-state index in [2.05, 4.69) is 0 Å². The molecule has 3 aliphatic rings. The van der Waals surface area contributed by atoms with E-state index >= 15 is 0 Å². The maximum absolute atomic E-state index is 11.1. The lowest BCUT2D eigenvalue weighted by molar-refractivity contribution is -0.169. The number of carbonyl (C=O) groups is 1. The summed E-state index contributed by atoms with van der Waals surface area (Å²) in [6.07, 6.45) is 1.44. The minimum atomic E-state index is -0.519. The van der Waals surface area contributed by atoms with Crippen molar-refractivity contribution in [2.45, 2.75) is 50.8 Å². The molecule has 14 heavy (non-hydrogen) atoms. The van der Waals surface area contributed by atoms with E-state index in [9.17, 15) is 4.79 Å². The fourth-order valence-corrected chi connectivity index (χ4v) is 2.80. The van der Waals surface area contributed by atoms with Crippen molar-refractivity contribution >= 4 is 5.97 Å². The predicted molar refractivity (Wildman–Crippen MR) is 46.4 cm³/mol. The van der Waals surface area contributed by atoms with E-state index in [4.69, 9.17) is 14.2 Å². The molecule has 0 bridgehead atoms. The summed E-state index contributed by atoms with van der Waals surface area (Å²) in [5, 5.41) is 0. The fraction of sp³-hybridized carbons (Fsp3) is 0.900. The van der Waals surface area contributed by atoms with Crippen molar-refractivity contribution in [3.05, 3.63) is 0 Å². The van der Waals surface area contributed by atoms with Crippen LogP contribution in [0.2, 0.25) is 0 Å². The van der Waals surface area contributed by atoms with Gasteiger partial charge in [-0.3, -0.25) is 4.79 Å². The average molecular weight is 198 g/mol. The molecule has 0 amide bonds. The summed E-state index contributed by atoms with van der Waals surface area (Å²) in [6.45, 7) is 3.80. The number of carbonyl (C=O) groups excluding carboxylic acids is 1. The van der Waals surface area contributed by atoms with Crippen LogP contribution in [-0.4, -0.2) is 30.1 Å². The molecule has 2 saturated heterocycles. The van der Waals surface area contributed by atoms with Gasteiger partial charge in [-0.05, 0) is 20.3 Å². The van der Waals surface area contributed by atoms with Crippen LogP contribution < -0.4 is 0 Å². The van der Waals surface area contributed by atoms with Crippen molar-refractivity contribution in [3.8, 4) is 0 Å². The summed E-state index contributed by atoms with van der Waals surface area (Å²) in [7, 11) is 0. The van der Waals surface area contributed by atoms with Gasteiger partial charge in [0.1, 0.15) is 12.2 Å². The fourth-order valence-electron chi connectivity index (χ4n) is 2.80. The highest BCUT2D eigenvalue weighted by Gasteiger charge is 2.57.